The lowest BCUT2D eigenvalue weighted by molar-refractivity contribution is -0.101. The number of sulfonamides is 1. The third-order valence-electron chi connectivity index (χ3n) is 14.1. The first-order chi connectivity index (χ1) is 26.4. The Balaban J connectivity index is 1.18. The number of benzene rings is 2. The first-order valence-electron chi connectivity index (χ1n) is 20.1. The first-order valence-corrected chi connectivity index (χ1v) is 22.0. The molecule has 2 aromatic carbocycles. The van der Waals surface area contributed by atoms with Gasteiger partial charge in [0.2, 0.25) is 10.0 Å². The van der Waals surface area contributed by atoms with Crippen LogP contribution >= 0.6 is 11.6 Å². The van der Waals surface area contributed by atoms with Crippen molar-refractivity contribution in [2.24, 2.45) is 17.3 Å². The van der Waals surface area contributed by atoms with Gasteiger partial charge in [-0.2, -0.15) is 0 Å². The molecule has 6 aliphatic rings. The molecule has 2 saturated carbocycles. The summed E-state index contributed by atoms with van der Waals surface area (Å²) in [5.74, 6) is 0.902. The molecule has 3 fully saturated rings. The summed E-state index contributed by atoms with van der Waals surface area (Å²) in [5.41, 5.74) is 3.37. The van der Waals surface area contributed by atoms with E-state index in [1.807, 2.05) is 25.3 Å². The van der Waals surface area contributed by atoms with Crippen LogP contribution in [-0.4, -0.2) is 115 Å². The second kappa shape index (κ2) is 15.1. The number of methoxy groups -OCH3 is 2. The third-order valence-corrected chi connectivity index (χ3v) is 16.0. The van der Waals surface area contributed by atoms with Crippen LogP contribution in [0.2, 0.25) is 5.02 Å². The normalized spacial score (nSPS) is 34.0. The summed E-state index contributed by atoms with van der Waals surface area (Å²) in [6.45, 7) is 14.3. The van der Waals surface area contributed by atoms with E-state index in [4.69, 9.17) is 25.8 Å². The van der Waals surface area contributed by atoms with Gasteiger partial charge >= 0.3 is 0 Å². The number of amides is 1. The molecule has 2 aromatic rings. The summed E-state index contributed by atoms with van der Waals surface area (Å²) in [5, 5.41) is -0.226. The third kappa shape index (κ3) is 7.27. The van der Waals surface area contributed by atoms with Crippen LogP contribution in [0.3, 0.4) is 0 Å². The highest BCUT2D eigenvalue weighted by Gasteiger charge is 2.73. The highest BCUT2D eigenvalue weighted by molar-refractivity contribution is 7.90. The molecule has 2 bridgehead atoms. The van der Waals surface area contributed by atoms with Crippen molar-refractivity contribution in [2.45, 2.75) is 68.1 Å². The molecule has 3 heterocycles. The van der Waals surface area contributed by atoms with Gasteiger partial charge in [-0.05, 0) is 105 Å². The van der Waals surface area contributed by atoms with Crippen LogP contribution in [-0.2, 0) is 31.3 Å². The molecule has 8 rings (SSSR count). The number of nitrogens with one attached hydrogen (secondary N) is 1. The van der Waals surface area contributed by atoms with Gasteiger partial charge in [0, 0.05) is 95.1 Å². The second-order valence-corrected chi connectivity index (χ2v) is 19.6. The van der Waals surface area contributed by atoms with Gasteiger partial charge in [-0.15, -0.1) is 0 Å². The highest BCUT2D eigenvalue weighted by atomic mass is 35.5. The number of hydrogen-bond donors (Lipinski definition) is 1. The number of halogens is 1. The van der Waals surface area contributed by atoms with Crippen molar-refractivity contribution in [3.8, 4) is 5.75 Å². The zero-order valence-electron chi connectivity index (χ0n) is 32.7. The van der Waals surface area contributed by atoms with E-state index >= 15 is 0 Å². The van der Waals surface area contributed by atoms with Gasteiger partial charge < -0.3 is 24.0 Å². The molecule has 2 unspecified atom stereocenters. The van der Waals surface area contributed by atoms with Crippen LogP contribution in [0.1, 0.15) is 66.9 Å². The van der Waals surface area contributed by atoms with E-state index in [0.717, 1.165) is 108 Å². The average molecular weight is 793 g/mol. The summed E-state index contributed by atoms with van der Waals surface area (Å²) in [7, 11) is -0.449. The fraction of sp³-hybridized carbons (Fsp3) is 0.605. The molecule has 55 heavy (non-hydrogen) atoms. The maximum atomic E-state index is 13.7. The number of rotatable bonds is 7. The number of ether oxygens (including phenoxy) is 3. The summed E-state index contributed by atoms with van der Waals surface area (Å²) in [6.07, 6.45) is 10.9. The predicted molar refractivity (Wildman–Crippen MR) is 217 cm³/mol. The number of nitrogens with zero attached hydrogens (tertiary/aromatic N) is 3. The van der Waals surface area contributed by atoms with Gasteiger partial charge in [-0.1, -0.05) is 42.0 Å². The molecule has 3 aliphatic heterocycles. The van der Waals surface area contributed by atoms with Crippen molar-refractivity contribution in [1.29, 1.82) is 0 Å². The molecule has 2 spiro atoms. The molecular weight excluding hydrogens is 736 g/mol. The molecular formula is C43H57ClN4O6S. The van der Waals surface area contributed by atoms with Crippen LogP contribution in [0.4, 0.5) is 5.69 Å². The Hall–Kier alpha value is -2.93. The Bertz CT molecular complexity index is 1950. The van der Waals surface area contributed by atoms with E-state index in [-0.39, 0.29) is 22.3 Å². The maximum Gasteiger partial charge on any atom is 0.264 e. The Morgan fingerprint density at radius 1 is 1.07 bits per heavy atom. The number of allylic oxidation sites excluding steroid dienone is 1. The monoisotopic (exact) mass is 792 g/mol. The van der Waals surface area contributed by atoms with Gasteiger partial charge in [0.05, 0.1) is 17.5 Å². The lowest BCUT2D eigenvalue weighted by Gasteiger charge is -2.52. The van der Waals surface area contributed by atoms with Crippen molar-refractivity contribution >= 4 is 33.2 Å². The zero-order chi connectivity index (χ0) is 38.6. The fourth-order valence-electron chi connectivity index (χ4n) is 10.7. The average Bonchev–Trinajstić information content (AvgIpc) is 3.77. The summed E-state index contributed by atoms with van der Waals surface area (Å²) in [6, 6.07) is 11.7. The molecule has 1 amide bonds. The van der Waals surface area contributed by atoms with Crippen LogP contribution in [0.25, 0.3) is 0 Å². The summed E-state index contributed by atoms with van der Waals surface area (Å²) < 4.78 is 48.4. The second-order valence-electron chi connectivity index (χ2n) is 17.2. The van der Waals surface area contributed by atoms with Crippen LogP contribution in [0.5, 0.6) is 5.75 Å². The molecule has 0 radical (unpaired) electrons. The van der Waals surface area contributed by atoms with Gasteiger partial charge in [-0.25, -0.2) is 13.1 Å². The minimum Gasteiger partial charge on any atom is -0.490 e. The molecule has 12 heteroatoms. The number of fused-ring (bicyclic) bond motifs is 3. The Morgan fingerprint density at radius 2 is 1.87 bits per heavy atom. The summed E-state index contributed by atoms with van der Waals surface area (Å²) >= 11 is 6.53. The molecule has 3 aliphatic carbocycles. The van der Waals surface area contributed by atoms with Crippen LogP contribution in [0.15, 0.2) is 60.7 Å². The molecule has 0 aromatic heterocycles. The summed E-state index contributed by atoms with van der Waals surface area (Å²) in [4.78, 5) is 21.3. The molecule has 10 nitrogen and oxygen atoms in total. The van der Waals surface area contributed by atoms with E-state index in [1.165, 1.54) is 11.1 Å². The van der Waals surface area contributed by atoms with Crippen molar-refractivity contribution in [2.75, 3.05) is 84.7 Å². The van der Waals surface area contributed by atoms with E-state index in [0.29, 0.717) is 30.3 Å². The number of carbonyl (C=O) groups is 1. The predicted octanol–water partition coefficient (Wildman–Crippen LogP) is 5.84. The van der Waals surface area contributed by atoms with E-state index < -0.39 is 26.8 Å². The quantitative estimate of drug-likeness (QED) is 0.274. The Labute approximate surface area is 332 Å². The minimum atomic E-state index is -4.06. The standard InChI is InChI=1S/C43H57ClN4O6S/c1-30-8-5-15-43(53-4,28-47-19-17-46(18-20-47)16-7-21-52-3)39-24-34-25-42(34,39)27-48-26-41(14-6-9-32-22-35(44)11-12-36(32)41)29-54-38-13-10-33(23-37(38)48)40(49)45-55(50,51)31(30)2/h5,10-13,15,22-23,31,34,39H,1,6-9,14,16-21,24-29H2,2-4H3,(H,45,49)/b15-5+/t31-,34?,39-,41+,42?,43-/m1/s1. The maximum absolute atomic E-state index is 13.7. The van der Waals surface area contributed by atoms with E-state index in [1.54, 1.807) is 20.1 Å². The highest BCUT2D eigenvalue weighted by Crippen LogP contribution is 2.74. The minimum absolute atomic E-state index is 0.0194. The largest absolute Gasteiger partial charge is 0.490 e. The number of hydrogen-bond acceptors (Lipinski definition) is 9. The fourth-order valence-corrected chi connectivity index (χ4v) is 11.9. The molecule has 6 atom stereocenters. The van der Waals surface area contributed by atoms with E-state index in [9.17, 15) is 13.2 Å². The lowest BCUT2D eigenvalue weighted by Crippen LogP contribution is -2.60. The first kappa shape index (κ1) is 38.9. The number of piperazine rings is 1. The Kier molecular flexibility index (Phi) is 10.7. The smallest absolute Gasteiger partial charge is 0.264 e. The van der Waals surface area contributed by atoms with Gasteiger partial charge in [-0.3, -0.25) is 9.69 Å². The molecule has 1 N–H and O–H groups in total. The number of carbonyl (C=O) groups excluding carboxylic acids is 1. The molecule has 1 saturated heterocycles. The van der Waals surface area contributed by atoms with Gasteiger partial charge in [0.15, 0.2) is 0 Å². The van der Waals surface area contributed by atoms with Gasteiger partial charge in [0.1, 0.15) is 11.4 Å². The number of anilines is 1. The topological polar surface area (TPSA) is 101 Å². The van der Waals surface area contributed by atoms with Crippen LogP contribution < -0.4 is 14.4 Å². The molecule has 298 valence electrons. The van der Waals surface area contributed by atoms with Crippen molar-refractivity contribution in [3.63, 3.8) is 0 Å². The lowest BCUT2D eigenvalue weighted by atomic mass is 9.63. The number of aryl methyl sites for hydroxylation is 1. The SMILES string of the molecule is C=C1C/C=C/[C@](CN2CCN(CCCOC)CC2)(OC)[C@@H]2CC3CC32CN2C[C@@]3(CCCc4cc(Cl)ccc43)COc3ccc(cc32)C(=O)NS(=O)(=O)[C@@H]1C. The van der Waals surface area contributed by atoms with Crippen molar-refractivity contribution in [1.82, 2.24) is 14.5 Å². The van der Waals surface area contributed by atoms with Crippen molar-refractivity contribution in [3.05, 3.63) is 82.4 Å². The van der Waals surface area contributed by atoms with Gasteiger partial charge in [0.25, 0.3) is 5.91 Å². The van der Waals surface area contributed by atoms with Crippen LogP contribution in [0, 0.1) is 17.3 Å². The Morgan fingerprint density at radius 3 is 2.62 bits per heavy atom. The zero-order valence-corrected chi connectivity index (χ0v) is 34.2. The van der Waals surface area contributed by atoms with Crippen molar-refractivity contribution < 1.29 is 27.4 Å². The van der Waals surface area contributed by atoms with E-state index in [2.05, 4.69) is 50.3 Å².